The van der Waals surface area contributed by atoms with E-state index >= 15 is 0 Å². The summed E-state index contributed by atoms with van der Waals surface area (Å²) in [6.45, 7) is 0.657. The average Bonchev–Trinajstić information content (AvgIpc) is 1.59. The van der Waals surface area contributed by atoms with E-state index < -0.39 is 24.8 Å². The Balaban J connectivity index is -0.000000405. The van der Waals surface area contributed by atoms with Crippen LogP contribution in [-0.4, -0.2) is 68.2 Å². The summed E-state index contributed by atoms with van der Waals surface area (Å²) in [5, 5.41) is 0. The van der Waals surface area contributed by atoms with Gasteiger partial charge in [0.15, 0.2) is 0 Å². The molecule has 0 aliphatic carbocycles. The van der Waals surface area contributed by atoms with Gasteiger partial charge in [-0.15, -0.1) is 0 Å². The van der Waals surface area contributed by atoms with Gasteiger partial charge in [0.1, 0.15) is 0 Å². The molecule has 0 aromatic rings. The van der Waals surface area contributed by atoms with Gasteiger partial charge in [0.25, 0.3) is 20.2 Å². The fraction of sp³-hybridized carbons (Fsp3) is 1.00. The molecule has 66 valence electrons. The van der Waals surface area contributed by atoms with E-state index in [9.17, 15) is 16.8 Å². The monoisotopic (exact) mass is 206 g/mol. The molecule has 6 nitrogen and oxygen atoms in total. The van der Waals surface area contributed by atoms with Gasteiger partial charge in [-0.1, -0.05) is 0 Å². The maximum absolute atomic E-state index is 9.99. The Kier molecular flexibility index (Phi) is 8.87. The Bertz CT molecular complexity index is 270. The summed E-state index contributed by atoms with van der Waals surface area (Å²) in [4.78, 5) is 0. The van der Waals surface area contributed by atoms with E-state index in [1.807, 2.05) is 0 Å². The maximum atomic E-state index is 9.99. The van der Waals surface area contributed by atoms with E-state index in [-0.39, 0.29) is 37.7 Å². The molecule has 0 saturated heterocycles. The zero-order valence-electron chi connectivity index (χ0n) is 4.92. The molecule has 0 rings (SSSR count). The number of hydrogen-bond donors (Lipinski definition) is 2. The van der Waals surface area contributed by atoms with E-state index in [1.54, 1.807) is 0 Å². The van der Waals surface area contributed by atoms with Crippen molar-refractivity contribution in [3.63, 3.8) is 0 Å². The second-order valence-electron chi connectivity index (χ2n) is 1.60. The Morgan fingerprint density at radius 3 is 1.08 bits per heavy atom. The van der Waals surface area contributed by atoms with Gasteiger partial charge in [0.05, 0.1) is 0 Å². The molecule has 0 unspecified atom stereocenters. The third-order valence-corrected chi connectivity index (χ3v) is 3.98. The van der Waals surface area contributed by atoms with Crippen molar-refractivity contribution in [3.05, 3.63) is 0 Å². The van der Waals surface area contributed by atoms with Gasteiger partial charge in [-0.2, -0.15) is 16.8 Å². The molecule has 0 radical (unpaired) electrons. The Morgan fingerprint density at radius 2 is 1.08 bits per heavy atom. The van der Waals surface area contributed by atoms with Gasteiger partial charge in [-0.25, -0.2) is 0 Å². The fourth-order valence-corrected chi connectivity index (χ4v) is 1.38. The van der Waals surface area contributed by atoms with Crippen molar-refractivity contribution < 1.29 is 25.9 Å². The summed E-state index contributed by atoms with van der Waals surface area (Å²) in [6, 6.07) is 0. The zero-order valence-corrected chi connectivity index (χ0v) is 6.55. The van der Waals surface area contributed by atoms with Crippen LogP contribution in [0.25, 0.3) is 0 Å². The summed E-state index contributed by atoms with van der Waals surface area (Å²) in [5.74, 6) is 0. The van der Waals surface area contributed by atoms with Crippen molar-refractivity contribution in [1.29, 1.82) is 0 Å². The van der Waals surface area contributed by atoms with E-state index in [2.05, 4.69) is 0 Å². The predicted octanol–water partition coefficient (Wildman–Crippen LogP) is -2.19. The fourth-order valence-electron chi connectivity index (χ4n) is 0.154. The van der Waals surface area contributed by atoms with Crippen molar-refractivity contribution in [2.75, 3.05) is 0 Å². The van der Waals surface area contributed by atoms with Crippen LogP contribution in [-0.2, 0) is 20.2 Å². The molecule has 0 spiro atoms. The van der Waals surface area contributed by atoms with E-state index in [1.165, 1.54) is 0 Å². The number of rotatable bonds is 2. The minimum absolute atomic E-state index is 0. The summed E-state index contributed by atoms with van der Waals surface area (Å²) in [6.07, 6.45) is 0. The minimum atomic E-state index is -4.70. The van der Waals surface area contributed by atoms with Crippen LogP contribution >= 0.6 is 0 Å². The van der Waals surface area contributed by atoms with E-state index in [0.717, 1.165) is 0 Å². The summed E-state index contributed by atoms with van der Waals surface area (Å²) in [5.41, 5.74) is 0. The van der Waals surface area contributed by atoms with Crippen LogP contribution in [0, 0.1) is 0 Å². The predicted molar refractivity (Wildman–Crippen MR) is 46.9 cm³/mol. The molecular formula is C2H8Li2O6S2. The molecular weight excluding hydrogens is 198 g/mol. The molecule has 0 fully saturated rings. The van der Waals surface area contributed by atoms with Crippen LogP contribution < -0.4 is 0 Å². The first kappa shape index (κ1) is 18.7. The first-order valence-corrected chi connectivity index (χ1v) is 5.09. The van der Waals surface area contributed by atoms with Crippen molar-refractivity contribution in [1.82, 2.24) is 0 Å². The van der Waals surface area contributed by atoms with Gasteiger partial charge in [0.2, 0.25) is 4.58 Å². The quantitative estimate of drug-likeness (QED) is 0.392. The zero-order chi connectivity index (χ0) is 8.58. The Labute approximate surface area is 95.0 Å². The Hall–Kier alpha value is 1.01. The van der Waals surface area contributed by atoms with Crippen LogP contribution in [0.4, 0.5) is 0 Å². The first-order chi connectivity index (χ1) is 4.15. The van der Waals surface area contributed by atoms with Crippen LogP contribution in [0.2, 0.25) is 0 Å². The molecule has 0 aliphatic rings. The Morgan fingerprint density at radius 1 is 0.917 bits per heavy atom. The molecule has 0 atom stereocenters. The third-order valence-electron chi connectivity index (χ3n) is 0.839. The van der Waals surface area contributed by atoms with Gasteiger partial charge >= 0.3 is 37.7 Å². The standard InChI is InChI=1S/C2H6O6S2.2Li.2H/c1-2(9(3,4)5)10(6,7)8;;;;/h2H,1H3,(H,3,4,5)(H,6,7,8);;;;. The molecule has 0 heterocycles. The van der Waals surface area contributed by atoms with Crippen LogP contribution in [0.3, 0.4) is 0 Å². The van der Waals surface area contributed by atoms with E-state index in [0.29, 0.717) is 6.92 Å². The van der Waals surface area contributed by atoms with Gasteiger partial charge in [0, 0.05) is 0 Å². The topological polar surface area (TPSA) is 109 Å². The second kappa shape index (κ2) is 5.68. The molecule has 0 amide bonds. The number of hydrogen-bond acceptors (Lipinski definition) is 4. The molecule has 2 N–H and O–H groups in total. The normalized spacial score (nSPS) is 11.7. The molecule has 0 aromatic carbocycles. The second-order valence-corrected chi connectivity index (χ2v) is 5.37. The van der Waals surface area contributed by atoms with Gasteiger partial charge in [-0.05, 0) is 6.92 Å². The molecule has 0 aliphatic heterocycles. The molecule has 0 aromatic heterocycles. The summed E-state index contributed by atoms with van der Waals surface area (Å²) >= 11 is 0. The van der Waals surface area contributed by atoms with Crippen molar-refractivity contribution >= 4 is 58.0 Å². The molecule has 10 heteroatoms. The van der Waals surface area contributed by atoms with Crippen LogP contribution in [0.15, 0.2) is 0 Å². The van der Waals surface area contributed by atoms with Crippen molar-refractivity contribution in [2.45, 2.75) is 11.5 Å². The first-order valence-electron chi connectivity index (χ1n) is 2.08. The summed E-state index contributed by atoms with van der Waals surface area (Å²) < 4.78 is 53.9. The molecule has 0 bridgehead atoms. The van der Waals surface area contributed by atoms with E-state index in [4.69, 9.17) is 9.11 Å². The van der Waals surface area contributed by atoms with Gasteiger partial charge < -0.3 is 0 Å². The van der Waals surface area contributed by atoms with Crippen LogP contribution in [0.1, 0.15) is 6.92 Å². The SMILES string of the molecule is CC(S(=O)(=O)O)S(=O)(=O)O.[LiH].[LiH]. The molecule has 0 saturated carbocycles. The summed E-state index contributed by atoms with van der Waals surface area (Å²) in [7, 11) is -9.40. The molecule has 12 heavy (non-hydrogen) atoms. The average molecular weight is 206 g/mol. The van der Waals surface area contributed by atoms with Crippen LogP contribution in [0.5, 0.6) is 0 Å². The van der Waals surface area contributed by atoms with Crippen molar-refractivity contribution in [2.24, 2.45) is 0 Å². The third kappa shape index (κ3) is 6.52. The van der Waals surface area contributed by atoms with Gasteiger partial charge in [-0.3, -0.25) is 9.11 Å². The van der Waals surface area contributed by atoms with Crippen molar-refractivity contribution in [3.8, 4) is 0 Å².